The van der Waals surface area contributed by atoms with E-state index in [9.17, 15) is 0 Å². The zero-order valence-corrected chi connectivity index (χ0v) is 14.2. The first kappa shape index (κ1) is 16.0. The zero-order chi connectivity index (χ0) is 16.1. The molecule has 3 heteroatoms. The van der Waals surface area contributed by atoms with E-state index in [0.29, 0.717) is 0 Å². The van der Waals surface area contributed by atoms with E-state index in [-0.39, 0.29) is 6.10 Å². The first-order valence-electron chi connectivity index (χ1n) is 8.64. The Hall–Kier alpha value is -1.87. The van der Waals surface area contributed by atoms with Crippen LogP contribution in [-0.2, 0) is 13.1 Å². The fourth-order valence-corrected chi connectivity index (χ4v) is 3.18. The van der Waals surface area contributed by atoms with E-state index < -0.39 is 0 Å². The molecule has 3 nitrogen and oxygen atoms in total. The van der Waals surface area contributed by atoms with E-state index in [0.717, 1.165) is 43.2 Å². The Morgan fingerprint density at radius 2 is 2.04 bits per heavy atom. The standard InChI is InChI=1S/C20H26N2O/c1-3-4-11-19-15-22(14-18-10-7-8-16(2)21-18)13-17-9-5-6-12-20(17)23-19/h5-10,12,19H,3-4,11,13-15H2,1-2H3. The van der Waals surface area contributed by atoms with Crippen molar-refractivity contribution in [2.75, 3.05) is 6.54 Å². The van der Waals surface area contributed by atoms with Gasteiger partial charge < -0.3 is 4.74 Å². The number of aryl methyl sites for hydroxylation is 1. The minimum atomic E-state index is 0.267. The van der Waals surface area contributed by atoms with Gasteiger partial charge in [0.1, 0.15) is 11.9 Å². The van der Waals surface area contributed by atoms with E-state index in [1.54, 1.807) is 0 Å². The smallest absolute Gasteiger partial charge is 0.124 e. The number of unbranched alkanes of at least 4 members (excludes halogenated alkanes) is 1. The Kier molecular flexibility index (Phi) is 5.29. The van der Waals surface area contributed by atoms with Crippen LogP contribution in [0, 0.1) is 6.92 Å². The highest BCUT2D eigenvalue weighted by atomic mass is 16.5. The maximum absolute atomic E-state index is 6.29. The van der Waals surface area contributed by atoms with Crippen molar-refractivity contribution < 1.29 is 4.74 Å². The second-order valence-corrected chi connectivity index (χ2v) is 6.43. The van der Waals surface area contributed by atoms with Gasteiger partial charge in [-0.3, -0.25) is 9.88 Å². The Balaban J connectivity index is 1.78. The predicted molar refractivity (Wildman–Crippen MR) is 93.5 cm³/mol. The van der Waals surface area contributed by atoms with Gasteiger partial charge in [-0.05, 0) is 38.0 Å². The van der Waals surface area contributed by atoms with Gasteiger partial charge in [0.25, 0.3) is 0 Å². The van der Waals surface area contributed by atoms with Crippen molar-refractivity contribution in [3.63, 3.8) is 0 Å². The summed E-state index contributed by atoms with van der Waals surface area (Å²) < 4.78 is 6.29. The van der Waals surface area contributed by atoms with Gasteiger partial charge in [-0.2, -0.15) is 0 Å². The number of hydrogen-bond donors (Lipinski definition) is 0. The predicted octanol–water partition coefficient (Wildman–Crippen LogP) is 4.34. The molecule has 0 N–H and O–H groups in total. The molecule has 2 aromatic rings. The lowest BCUT2D eigenvalue weighted by atomic mass is 10.1. The minimum Gasteiger partial charge on any atom is -0.489 e. The maximum Gasteiger partial charge on any atom is 0.124 e. The second-order valence-electron chi connectivity index (χ2n) is 6.43. The van der Waals surface area contributed by atoms with E-state index in [1.807, 2.05) is 13.0 Å². The summed E-state index contributed by atoms with van der Waals surface area (Å²) in [6, 6.07) is 14.7. The minimum absolute atomic E-state index is 0.267. The van der Waals surface area contributed by atoms with Crippen molar-refractivity contribution in [1.82, 2.24) is 9.88 Å². The van der Waals surface area contributed by atoms with E-state index in [1.165, 1.54) is 18.4 Å². The lowest BCUT2D eigenvalue weighted by Gasteiger charge is -2.23. The van der Waals surface area contributed by atoms with Crippen molar-refractivity contribution >= 4 is 0 Å². The lowest BCUT2D eigenvalue weighted by molar-refractivity contribution is 0.132. The number of ether oxygens (including phenoxy) is 1. The van der Waals surface area contributed by atoms with Gasteiger partial charge in [0.05, 0.1) is 5.69 Å². The Labute approximate surface area is 139 Å². The molecule has 0 saturated carbocycles. The Morgan fingerprint density at radius 3 is 2.87 bits per heavy atom. The van der Waals surface area contributed by atoms with Crippen molar-refractivity contribution in [2.45, 2.75) is 52.3 Å². The summed E-state index contributed by atoms with van der Waals surface area (Å²) in [5.41, 5.74) is 3.49. The number of para-hydroxylation sites is 1. The number of benzene rings is 1. The number of hydrogen-bond acceptors (Lipinski definition) is 3. The molecule has 1 aliphatic rings. The molecule has 0 bridgehead atoms. The van der Waals surface area contributed by atoms with Gasteiger partial charge >= 0.3 is 0 Å². The van der Waals surface area contributed by atoms with E-state index >= 15 is 0 Å². The third-order valence-electron chi connectivity index (χ3n) is 4.33. The SMILES string of the molecule is CCCCC1CN(Cc2cccc(C)n2)Cc2ccccc2O1. The van der Waals surface area contributed by atoms with E-state index in [2.05, 4.69) is 53.2 Å². The van der Waals surface area contributed by atoms with Crippen LogP contribution in [-0.4, -0.2) is 22.5 Å². The van der Waals surface area contributed by atoms with Gasteiger partial charge in [-0.25, -0.2) is 0 Å². The third-order valence-corrected chi connectivity index (χ3v) is 4.33. The first-order chi connectivity index (χ1) is 11.2. The summed E-state index contributed by atoms with van der Waals surface area (Å²) in [5.74, 6) is 1.05. The van der Waals surface area contributed by atoms with Crippen molar-refractivity contribution in [1.29, 1.82) is 0 Å². The first-order valence-corrected chi connectivity index (χ1v) is 8.64. The molecule has 0 fully saturated rings. The van der Waals surface area contributed by atoms with Gasteiger partial charge in [0.15, 0.2) is 0 Å². The van der Waals surface area contributed by atoms with Crippen LogP contribution in [0.25, 0.3) is 0 Å². The molecule has 0 radical (unpaired) electrons. The van der Waals surface area contributed by atoms with Crippen LogP contribution in [0.1, 0.15) is 43.1 Å². The topological polar surface area (TPSA) is 25.4 Å². The monoisotopic (exact) mass is 310 g/mol. The Bertz CT molecular complexity index is 641. The summed E-state index contributed by atoms with van der Waals surface area (Å²) in [4.78, 5) is 7.12. The maximum atomic E-state index is 6.29. The van der Waals surface area contributed by atoms with E-state index in [4.69, 9.17) is 4.74 Å². The fraction of sp³-hybridized carbons (Fsp3) is 0.450. The molecule has 1 aromatic carbocycles. The van der Waals surface area contributed by atoms with Crippen LogP contribution in [0.3, 0.4) is 0 Å². The quantitative estimate of drug-likeness (QED) is 0.821. The summed E-state index contributed by atoms with van der Waals surface area (Å²) in [6.45, 7) is 7.05. The third kappa shape index (κ3) is 4.32. The highest BCUT2D eigenvalue weighted by Crippen LogP contribution is 2.27. The number of pyridine rings is 1. The van der Waals surface area contributed by atoms with Crippen molar-refractivity contribution in [2.24, 2.45) is 0 Å². The average Bonchev–Trinajstić information content (AvgIpc) is 2.71. The number of rotatable bonds is 5. The highest BCUT2D eigenvalue weighted by molar-refractivity contribution is 5.34. The molecule has 122 valence electrons. The summed E-state index contributed by atoms with van der Waals surface area (Å²) in [5, 5.41) is 0. The summed E-state index contributed by atoms with van der Waals surface area (Å²) in [7, 11) is 0. The number of fused-ring (bicyclic) bond motifs is 1. The molecular weight excluding hydrogens is 284 g/mol. The molecule has 23 heavy (non-hydrogen) atoms. The molecule has 0 spiro atoms. The fourth-order valence-electron chi connectivity index (χ4n) is 3.18. The van der Waals surface area contributed by atoms with Crippen molar-refractivity contribution in [3.8, 4) is 5.75 Å². The molecule has 1 aromatic heterocycles. The second kappa shape index (κ2) is 7.60. The Morgan fingerprint density at radius 1 is 1.17 bits per heavy atom. The molecule has 3 rings (SSSR count). The lowest BCUT2D eigenvalue weighted by Crippen LogP contribution is -2.32. The molecule has 1 aliphatic heterocycles. The molecule has 2 heterocycles. The zero-order valence-electron chi connectivity index (χ0n) is 14.2. The molecule has 1 atom stereocenters. The van der Waals surface area contributed by atoms with Crippen LogP contribution >= 0.6 is 0 Å². The van der Waals surface area contributed by atoms with Crippen LogP contribution in [0.5, 0.6) is 5.75 Å². The summed E-state index contributed by atoms with van der Waals surface area (Å²) >= 11 is 0. The van der Waals surface area contributed by atoms with Crippen LogP contribution in [0.4, 0.5) is 0 Å². The normalized spacial score (nSPS) is 18.1. The molecule has 0 aliphatic carbocycles. The van der Waals surface area contributed by atoms with Crippen molar-refractivity contribution in [3.05, 3.63) is 59.4 Å². The molecule has 0 saturated heterocycles. The van der Waals surface area contributed by atoms with Crippen LogP contribution in [0.2, 0.25) is 0 Å². The average molecular weight is 310 g/mol. The molecule has 0 amide bonds. The number of nitrogens with zero attached hydrogens (tertiary/aromatic N) is 2. The molecule has 1 unspecified atom stereocenters. The van der Waals surface area contributed by atoms with Gasteiger partial charge in [0, 0.05) is 30.9 Å². The molecular formula is C20H26N2O. The van der Waals surface area contributed by atoms with Gasteiger partial charge in [0.2, 0.25) is 0 Å². The van der Waals surface area contributed by atoms with Gasteiger partial charge in [-0.1, -0.05) is 37.6 Å². The van der Waals surface area contributed by atoms with Crippen LogP contribution < -0.4 is 4.74 Å². The summed E-state index contributed by atoms with van der Waals surface area (Å²) in [6.07, 6.45) is 3.80. The largest absolute Gasteiger partial charge is 0.489 e. The van der Waals surface area contributed by atoms with Crippen LogP contribution in [0.15, 0.2) is 42.5 Å². The van der Waals surface area contributed by atoms with Gasteiger partial charge in [-0.15, -0.1) is 0 Å². The highest BCUT2D eigenvalue weighted by Gasteiger charge is 2.22. The number of aromatic nitrogens is 1.